The lowest BCUT2D eigenvalue weighted by Gasteiger charge is -2.27. The zero-order valence-corrected chi connectivity index (χ0v) is 18.7. The standard InChI is InChI=1S/C20H30N4O.HI/c1-6-21-19(22-13-16-10-11-24(4)14-16)23-15-20(2,3)17-8-7-9-18(12-17)25-5;/h7-12,14H,6,13,15H2,1-5H3,(H2,21,22,23);1H. The third-order valence-corrected chi connectivity index (χ3v) is 4.21. The predicted molar refractivity (Wildman–Crippen MR) is 120 cm³/mol. The molecule has 0 spiro atoms. The topological polar surface area (TPSA) is 50.6 Å². The molecule has 26 heavy (non-hydrogen) atoms. The van der Waals surface area contributed by atoms with Crippen LogP contribution in [-0.2, 0) is 19.0 Å². The SMILES string of the molecule is CCNC(=NCc1ccn(C)c1)NCC(C)(C)c1cccc(OC)c1.I. The van der Waals surface area contributed by atoms with Gasteiger partial charge in [-0.15, -0.1) is 24.0 Å². The van der Waals surface area contributed by atoms with E-state index in [1.54, 1.807) is 7.11 Å². The molecule has 1 aromatic carbocycles. The molecular weight excluding hydrogens is 439 g/mol. The van der Waals surface area contributed by atoms with Crippen molar-refractivity contribution < 1.29 is 4.74 Å². The summed E-state index contributed by atoms with van der Waals surface area (Å²) in [7, 11) is 3.72. The maximum Gasteiger partial charge on any atom is 0.191 e. The van der Waals surface area contributed by atoms with Crippen molar-refractivity contribution in [3.8, 4) is 5.75 Å². The molecule has 0 aliphatic rings. The number of hydrogen-bond acceptors (Lipinski definition) is 2. The fourth-order valence-electron chi connectivity index (χ4n) is 2.62. The van der Waals surface area contributed by atoms with Crippen molar-refractivity contribution in [3.63, 3.8) is 0 Å². The van der Waals surface area contributed by atoms with Crippen molar-refractivity contribution >= 4 is 29.9 Å². The zero-order valence-electron chi connectivity index (χ0n) is 16.4. The summed E-state index contributed by atoms with van der Waals surface area (Å²) in [5.41, 5.74) is 2.39. The van der Waals surface area contributed by atoms with Gasteiger partial charge in [-0.05, 0) is 36.2 Å². The van der Waals surface area contributed by atoms with Gasteiger partial charge in [-0.2, -0.15) is 0 Å². The van der Waals surface area contributed by atoms with Gasteiger partial charge in [0.1, 0.15) is 5.75 Å². The first-order valence-corrected chi connectivity index (χ1v) is 8.72. The number of aromatic nitrogens is 1. The summed E-state index contributed by atoms with van der Waals surface area (Å²) in [4.78, 5) is 4.68. The Bertz CT molecular complexity index is 709. The molecule has 5 nitrogen and oxygen atoms in total. The fraction of sp³-hybridized carbons (Fsp3) is 0.450. The number of ether oxygens (including phenoxy) is 1. The fourth-order valence-corrected chi connectivity index (χ4v) is 2.62. The third-order valence-electron chi connectivity index (χ3n) is 4.21. The lowest BCUT2D eigenvalue weighted by molar-refractivity contribution is 0.411. The van der Waals surface area contributed by atoms with E-state index in [-0.39, 0.29) is 29.4 Å². The van der Waals surface area contributed by atoms with Crippen molar-refractivity contribution in [3.05, 3.63) is 53.9 Å². The maximum atomic E-state index is 5.35. The van der Waals surface area contributed by atoms with Gasteiger partial charge in [-0.25, -0.2) is 4.99 Å². The van der Waals surface area contributed by atoms with Gasteiger partial charge in [0.05, 0.1) is 13.7 Å². The van der Waals surface area contributed by atoms with Crippen molar-refractivity contribution in [1.82, 2.24) is 15.2 Å². The number of benzene rings is 1. The Kier molecular flexibility index (Phi) is 8.98. The molecule has 0 amide bonds. The van der Waals surface area contributed by atoms with Crippen LogP contribution in [0.5, 0.6) is 5.75 Å². The maximum absolute atomic E-state index is 5.35. The van der Waals surface area contributed by atoms with Crippen LogP contribution in [0.15, 0.2) is 47.7 Å². The van der Waals surface area contributed by atoms with E-state index in [0.717, 1.165) is 24.8 Å². The third kappa shape index (κ3) is 6.55. The van der Waals surface area contributed by atoms with Crippen molar-refractivity contribution in [2.75, 3.05) is 20.2 Å². The zero-order chi connectivity index (χ0) is 18.3. The average Bonchev–Trinajstić information content (AvgIpc) is 3.03. The van der Waals surface area contributed by atoms with Gasteiger partial charge in [0, 0.05) is 37.9 Å². The molecule has 0 atom stereocenters. The number of aryl methyl sites for hydroxylation is 1. The highest BCUT2D eigenvalue weighted by atomic mass is 127. The Hall–Kier alpha value is -1.70. The Morgan fingerprint density at radius 3 is 2.62 bits per heavy atom. The summed E-state index contributed by atoms with van der Waals surface area (Å²) in [6.45, 7) is 8.79. The first-order chi connectivity index (χ1) is 11.9. The monoisotopic (exact) mass is 470 g/mol. The molecule has 0 fully saturated rings. The van der Waals surface area contributed by atoms with E-state index in [0.29, 0.717) is 6.54 Å². The quantitative estimate of drug-likeness (QED) is 0.369. The largest absolute Gasteiger partial charge is 0.497 e. The Labute approximate surface area is 174 Å². The second-order valence-corrected chi connectivity index (χ2v) is 6.85. The normalized spacial score (nSPS) is 11.7. The van der Waals surface area contributed by atoms with Gasteiger partial charge in [0.2, 0.25) is 0 Å². The van der Waals surface area contributed by atoms with Crippen LogP contribution in [0.3, 0.4) is 0 Å². The molecule has 0 unspecified atom stereocenters. The number of aliphatic imine (C=N–C) groups is 1. The van der Waals surface area contributed by atoms with E-state index < -0.39 is 0 Å². The molecule has 0 aliphatic heterocycles. The van der Waals surface area contributed by atoms with Crippen LogP contribution < -0.4 is 15.4 Å². The van der Waals surface area contributed by atoms with Crippen LogP contribution in [0.4, 0.5) is 0 Å². The molecule has 0 radical (unpaired) electrons. The minimum absolute atomic E-state index is 0. The van der Waals surface area contributed by atoms with Crippen molar-refractivity contribution in [2.45, 2.75) is 32.7 Å². The second kappa shape index (κ2) is 10.4. The van der Waals surface area contributed by atoms with Crippen LogP contribution in [-0.4, -0.2) is 30.7 Å². The number of halogens is 1. The minimum atomic E-state index is -0.0442. The van der Waals surface area contributed by atoms with Crippen molar-refractivity contribution in [2.24, 2.45) is 12.0 Å². The van der Waals surface area contributed by atoms with Crippen molar-refractivity contribution in [1.29, 1.82) is 0 Å². The summed E-state index contributed by atoms with van der Waals surface area (Å²) in [5.74, 6) is 1.72. The lowest BCUT2D eigenvalue weighted by atomic mass is 9.84. The summed E-state index contributed by atoms with van der Waals surface area (Å²) in [5, 5.41) is 6.78. The van der Waals surface area contributed by atoms with E-state index in [4.69, 9.17) is 4.74 Å². The van der Waals surface area contributed by atoms with E-state index in [9.17, 15) is 0 Å². The molecule has 1 heterocycles. The highest BCUT2D eigenvalue weighted by molar-refractivity contribution is 14.0. The molecule has 144 valence electrons. The summed E-state index contributed by atoms with van der Waals surface area (Å²) in [6, 6.07) is 10.3. The van der Waals surface area contributed by atoms with Crippen LogP contribution in [0.2, 0.25) is 0 Å². The van der Waals surface area contributed by atoms with Crippen LogP contribution in [0.25, 0.3) is 0 Å². The number of methoxy groups -OCH3 is 1. The second-order valence-electron chi connectivity index (χ2n) is 6.85. The first-order valence-electron chi connectivity index (χ1n) is 8.72. The Morgan fingerprint density at radius 1 is 1.23 bits per heavy atom. The molecule has 0 bridgehead atoms. The Morgan fingerprint density at radius 2 is 2.00 bits per heavy atom. The molecule has 2 rings (SSSR count). The highest BCUT2D eigenvalue weighted by Gasteiger charge is 2.21. The van der Waals surface area contributed by atoms with Crippen LogP contribution in [0, 0.1) is 0 Å². The number of nitrogens with zero attached hydrogens (tertiary/aromatic N) is 2. The molecule has 2 aromatic rings. The summed E-state index contributed by atoms with van der Waals surface area (Å²) in [6.07, 6.45) is 4.13. The lowest BCUT2D eigenvalue weighted by Crippen LogP contribution is -2.43. The predicted octanol–water partition coefficient (Wildman–Crippen LogP) is 3.68. The van der Waals surface area contributed by atoms with Gasteiger partial charge >= 0.3 is 0 Å². The first kappa shape index (κ1) is 22.3. The number of rotatable bonds is 7. The smallest absolute Gasteiger partial charge is 0.191 e. The highest BCUT2D eigenvalue weighted by Crippen LogP contribution is 2.25. The summed E-state index contributed by atoms with van der Waals surface area (Å²) < 4.78 is 7.38. The minimum Gasteiger partial charge on any atom is -0.497 e. The van der Waals surface area contributed by atoms with Gasteiger partial charge in [-0.3, -0.25) is 0 Å². The average molecular weight is 470 g/mol. The van der Waals surface area contributed by atoms with Gasteiger partial charge in [0.15, 0.2) is 5.96 Å². The van der Waals surface area contributed by atoms with Gasteiger partial charge in [0.25, 0.3) is 0 Å². The van der Waals surface area contributed by atoms with Gasteiger partial charge < -0.3 is 19.9 Å². The Balaban J connectivity index is 0.00000338. The summed E-state index contributed by atoms with van der Waals surface area (Å²) >= 11 is 0. The molecule has 0 saturated carbocycles. The van der Waals surface area contributed by atoms with E-state index in [1.165, 1.54) is 11.1 Å². The molecule has 1 aromatic heterocycles. The molecule has 6 heteroatoms. The van der Waals surface area contributed by atoms with E-state index in [2.05, 4.69) is 60.8 Å². The number of hydrogen-bond donors (Lipinski definition) is 2. The van der Waals surface area contributed by atoms with Gasteiger partial charge in [-0.1, -0.05) is 26.0 Å². The number of nitrogens with one attached hydrogen (secondary N) is 2. The number of guanidine groups is 1. The van der Waals surface area contributed by atoms with Crippen LogP contribution >= 0.6 is 24.0 Å². The molecular formula is C20H31IN4O. The van der Waals surface area contributed by atoms with Crippen LogP contribution in [0.1, 0.15) is 31.9 Å². The van der Waals surface area contributed by atoms with E-state index in [1.807, 2.05) is 29.9 Å². The molecule has 2 N–H and O–H groups in total. The molecule has 0 aliphatic carbocycles. The molecule has 0 saturated heterocycles. The van der Waals surface area contributed by atoms with E-state index >= 15 is 0 Å².